The largest absolute Gasteiger partial charge is 0.380 e. The lowest BCUT2D eigenvalue weighted by Gasteiger charge is -2.22. The van der Waals surface area contributed by atoms with Gasteiger partial charge < -0.3 is 9.30 Å². The molecule has 0 aliphatic carbocycles. The molecule has 2 aromatic heterocycles. The molecule has 1 unspecified atom stereocenters. The predicted octanol–water partition coefficient (Wildman–Crippen LogP) is 6.86. The fourth-order valence-electron chi connectivity index (χ4n) is 4.87. The van der Waals surface area contributed by atoms with E-state index in [0.29, 0.717) is 5.92 Å². The molecule has 0 aliphatic rings. The molecule has 0 spiro atoms. The molecule has 2 heterocycles. The fourth-order valence-corrected chi connectivity index (χ4v) is 4.87. The van der Waals surface area contributed by atoms with Crippen LogP contribution in [0, 0.1) is 0 Å². The van der Waals surface area contributed by atoms with Crippen LogP contribution in [-0.4, -0.2) is 27.6 Å². The highest BCUT2D eigenvalue weighted by Crippen LogP contribution is 2.29. The second kappa shape index (κ2) is 10.6. The predicted molar refractivity (Wildman–Crippen MR) is 142 cm³/mol. The first-order valence-electron chi connectivity index (χ1n) is 12.6. The van der Waals surface area contributed by atoms with Crippen LogP contribution in [0.25, 0.3) is 10.9 Å². The van der Waals surface area contributed by atoms with Crippen molar-refractivity contribution in [3.63, 3.8) is 0 Å². The molecule has 0 saturated heterocycles. The van der Waals surface area contributed by atoms with E-state index in [4.69, 9.17) is 9.84 Å². The van der Waals surface area contributed by atoms with Crippen molar-refractivity contribution in [1.29, 1.82) is 0 Å². The van der Waals surface area contributed by atoms with Crippen molar-refractivity contribution in [3.05, 3.63) is 89.4 Å². The van der Waals surface area contributed by atoms with Crippen molar-refractivity contribution in [2.75, 3.05) is 13.2 Å². The van der Waals surface area contributed by atoms with Gasteiger partial charge in [-0.3, -0.25) is 4.68 Å². The Kier molecular flexibility index (Phi) is 7.57. The number of ether oxygens (including phenoxy) is 1. The molecule has 1 atom stereocenters. The average Bonchev–Trinajstić information content (AvgIpc) is 3.37. The molecule has 4 nitrogen and oxygen atoms in total. The normalized spacial score (nSPS) is 13.0. The summed E-state index contributed by atoms with van der Waals surface area (Å²) in [5, 5.41) is 6.06. The molecule has 0 amide bonds. The number of aromatic nitrogens is 3. The van der Waals surface area contributed by atoms with E-state index in [9.17, 15) is 0 Å². The topological polar surface area (TPSA) is 32.0 Å². The van der Waals surface area contributed by atoms with Gasteiger partial charge in [0.15, 0.2) is 0 Å². The minimum absolute atomic E-state index is 0.107. The number of benzene rings is 2. The Hall–Kier alpha value is -2.85. The molecule has 0 aliphatic heterocycles. The van der Waals surface area contributed by atoms with E-state index in [1.54, 1.807) is 0 Å². The highest BCUT2D eigenvalue weighted by Gasteiger charge is 2.20. The summed E-state index contributed by atoms with van der Waals surface area (Å²) >= 11 is 0. The lowest BCUT2D eigenvalue weighted by molar-refractivity contribution is 0.121. The summed E-state index contributed by atoms with van der Waals surface area (Å²) in [6.45, 7) is 11.6. The van der Waals surface area contributed by atoms with Gasteiger partial charge in [-0.15, -0.1) is 0 Å². The van der Waals surface area contributed by atoms with Gasteiger partial charge in [-0.05, 0) is 47.4 Å². The van der Waals surface area contributed by atoms with Crippen molar-refractivity contribution >= 4 is 10.9 Å². The number of hydrogen-bond acceptors (Lipinski definition) is 2. The second-order valence-corrected chi connectivity index (χ2v) is 10.5. The standard InChI is InChI=1S/C30H39N3O/c1-23(26-22-32(5)31-27(26)20-24-13-7-6-8-14-24)12-11-18-34-19-17-33-28-16-10-9-15-25(28)21-29(33)30(2,3)4/h6-10,13-16,21-23H,11-12,17-20H2,1-5H3. The van der Waals surface area contributed by atoms with Crippen molar-refractivity contribution < 1.29 is 4.74 Å². The molecule has 2 aromatic carbocycles. The third-order valence-corrected chi connectivity index (χ3v) is 6.65. The van der Waals surface area contributed by atoms with E-state index in [-0.39, 0.29) is 5.41 Å². The van der Waals surface area contributed by atoms with Gasteiger partial charge in [0.1, 0.15) is 0 Å². The molecule has 0 bridgehead atoms. The molecule has 0 N–H and O–H groups in total. The van der Waals surface area contributed by atoms with Crippen LogP contribution in [0.4, 0.5) is 0 Å². The molecular weight excluding hydrogens is 418 g/mol. The third kappa shape index (κ3) is 5.79. The van der Waals surface area contributed by atoms with Crippen LogP contribution in [0.2, 0.25) is 0 Å². The highest BCUT2D eigenvalue weighted by molar-refractivity contribution is 5.81. The van der Waals surface area contributed by atoms with Gasteiger partial charge in [-0.25, -0.2) is 0 Å². The molecule has 4 heteroatoms. The van der Waals surface area contributed by atoms with E-state index >= 15 is 0 Å². The van der Waals surface area contributed by atoms with Gasteiger partial charge in [-0.1, -0.05) is 76.2 Å². The number of aryl methyl sites for hydroxylation is 1. The van der Waals surface area contributed by atoms with Crippen molar-refractivity contribution in [1.82, 2.24) is 14.3 Å². The van der Waals surface area contributed by atoms with Gasteiger partial charge in [-0.2, -0.15) is 5.10 Å². The van der Waals surface area contributed by atoms with E-state index in [1.807, 2.05) is 11.7 Å². The molecule has 0 radical (unpaired) electrons. The van der Waals surface area contributed by atoms with Gasteiger partial charge in [0.25, 0.3) is 0 Å². The van der Waals surface area contributed by atoms with E-state index in [0.717, 1.165) is 39.0 Å². The highest BCUT2D eigenvalue weighted by atomic mass is 16.5. The van der Waals surface area contributed by atoms with Crippen molar-refractivity contribution in [2.24, 2.45) is 7.05 Å². The smallest absolute Gasteiger partial charge is 0.0702 e. The summed E-state index contributed by atoms with van der Waals surface area (Å²) in [4.78, 5) is 0. The van der Waals surface area contributed by atoms with Crippen LogP contribution in [0.1, 0.15) is 69.0 Å². The zero-order valence-corrected chi connectivity index (χ0v) is 21.4. The zero-order valence-electron chi connectivity index (χ0n) is 21.4. The van der Waals surface area contributed by atoms with Crippen LogP contribution in [0.3, 0.4) is 0 Å². The Morgan fingerprint density at radius 1 is 0.971 bits per heavy atom. The maximum Gasteiger partial charge on any atom is 0.0702 e. The Balaban J connectivity index is 1.28. The lowest BCUT2D eigenvalue weighted by atomic mass is 9.92. The Morgan fingerprint density at radius 3 is 2.47 bits per heavy atom. The lowest BCUT2D eigenvalue weighted by Crippen LogP contribution is -2.19. The SMILES string of the molecule is CC(CCCOCCn1c(C(C)(C)C)cc2ccccc21)c1cn(C)nc1Cc1ccccc1. The van der Waals surface area contributed by atoms with Crippen LogP contribution in [0.15, 0.2) is 66.9 Å². The minimum Gasteiger partial charge on any atom is -0.380 e. The molecule has 0 saturated carbocycles. The van der Waals surface area contributed by atoms with Crippen LogP contribution < -0.4 is 0 Å². The Bertz CT molecular complexity index is 1200. The molecule has 0 fully saturated rings. The van der Waals surface area contributed by atoms with Gasteiger partial charge >= 0.3 is 0 Å². The van der Waals surface area contributed by atoms with Gasteiger partial charge in [0, 0.05) is 49.4 Å². The Labute approximate surface area is 204 Å². The van der Waals surface area contributed by atoms with Crippen molar-refractivity contribution in [2.45, 2.75) is 64.8 Å². The van der Waals surface area contributed by atoms with Crippen LogP contribution in [0.5, 0.6) is 0 Å². The first-order chi connectivity index (χ1) is 16.3. The zero-order chi connectivity index (χ0) is 24.1. The second-order valence-electron chi connectivity index (χ2n) is 10.5. The van der Waals surface area contributed by atoms with Crippen LogP contribution >= 0.6 is 0 Å². The first kappa shape index (κ1) is 24.3. The summed E-state index contributed by atoms with van der Waals surface area (Å²) in [7, 11) is 2.02. The molecule has 4 rings (SSSR count). The maximum atomic E-state index is 6.10. The summed E-state index contributed by atoms with van der Waals surface area (Å²) < 4.78 is 10.5. The van der Waals surface area contributed by atoms with Gasteiger partial charge in [0.2, 0.25) is 0 Å². The molecular formula is C30H39N3O. The molecule has 4 aromatic rings. The average molecular weight is 458 g/mol. The van der Waals surface area contributed by atoms with E-state index < -0.39 is 0 Å². The summed E-state index contributed by atoms with van der Waals surface area (Å²) in [6, 6.07) is 21.6. The quantitative estimate of drug-likeness (QED) is 0.244. The first-order valence-corrected chi connectivity index (χ1v) is 12.6. The molecule has 180 valence electrons. The van der Waals surface area contributed by atoms with E-state index in [1.165, 1.54) is 33.4 Å². The van der Waals surface area contributed by atoms with Crippen molar-refractivity contribution in [3.8, 4) is 0 Å². The number of para-hydroxylation sites is 1. The van der Waals surface area contributed by atoms with Crippen LogP contribution in [-0.2, 0) is 30.2 Å². The summed E-state index contributed by atoms with van der Waals surface area (Å²) in [5.74, 6) is 0.469. The monoisotopic (exact) mass is 457 g/mol. The summed E-state index contributed by atoms with van der Waals surface area (Å²) in [6.07, 6.45) is 5.24. The fraction of sp³-hybridized carbons (Fsp3) is 0.433. The number of nitrogens with zero attached hydrogens (tertiary/aromatic N) is 3. The van der Waals surface area contributed by atoms with E-state index in [2.05, 4.69) is 99.1 Å². The number of rotatable bonds is 10. The number of fused-ring (bicyclic) bond motifs is 1. The Morgan fingerprint density at radius 2 is 1.71 bits per heavy atom. The minimum atomic E-state index is 0.107. The molecule has 34 heavy (non-hydrogen) atoms. The summed E-state index contributed by atoms with van der Waals surface area (Å²) in [5.41, 5.74) is 6.64. The number of hydrogen-bond donors (Lipinski definition) is 0. The van der Waals surface area contributed by atoms with Gasteiger partial charge in [0.05, 0.1) is 12.3 Å². The third-order valence-electron chi connectivity index (χ3n) is 6.65. The maximum absolute atomic E-state index is 6.10.